The molecule has 1 N–H and O–H groups in total. The van der Waals surface area contributed by atoms with Gasteiger partial charge in [-0.1, -0.05) is 39.6 Å². The van der Waals surface area contributed by atoms with Crippen molar-refractivity contribution in [3.8, 4) is 0 Å². The van der Waals surface area contributed by atoms with Crippen LogP contribution in [0.4, 0.5) is 5.95 Å². The summed E-state index contributed by atoms with van der Waals surface area (Å²) in [6.45, 7) is 2.63. The van der Waals surface area contributed by atoms with E-state index < -0.39 is 0 Å². The highest BCUT2D eigenvalue weighted by molar-refractivity contribution is 9.10. The summed E-state index contributed by atoms with van der Waals surface area (Å²) in [4.78, 5) is 12.1. The third kappa shape index (κ3) is 3.30. The van der Waals surface area contributed by atoms with Crippen LogP contribution in [0.2, 0.25) is 5.02 Å². The topological polar surface area (TPSA) is 72.7 Å². The number of rotatable bonds is 4. The van der Waals surface area contributed by atoms with Gasteiger partial charge in [0.1, 0.15) is 0 Å². The molecule has 1 aromatic carbocycles. The van der Waals surface area contributed by atoms with Crippen molar-refractivity contribution in [2.75, 3.05) is 5.32 Å². The molecule has 0 saturated heterocycles. The van der Waals surface area contributed by atoms with E-state index in [0.29, 0.717) is 23.1 Å². The van der Waals surface area contributed by atoms with Gasteiger partial charge in [0.2, 0.25) is 5.95 Å². The van der Waals surface area contributed by atoms with Gasteiger partial charge in [0.15, 0.2) is 0 Å². The van der Waals surface area contributed by atoms with E-state index >= 15 is 0 Å². The van der Waals surface area contributed by atoms with Gasteiger partial charge >= 0.3 is 0 Å². The Morgan fingerprint density at radius 2 is 2.32 bits per heavy atom. The smallest absolute Gasteiger partial charge is 0.259 e. The lowest BCUT2D eigenvalue weighted by Crippen LogP contribution is -2.17. The average molecular weight is 345 g/mol. The Hall–Kier alpha value is -1.47. The van der Waals surface area contributed by atoms with E-state index in [9.17, 15) is 4.79 Å². The van der Waals surface area contributed by atoms with Gasteiger partial charge in [0, 0.05) is 11.0 Å². The summed E-state index contributed by atoms with van der Waals surface area (Å²) >= 11 is 9.29. The molecule has 2 rings (SSSR count). The van der Waals surface area contributed by atoms with E-state index in [1.807, 2.05) is 6.92 Å². The highest BCUT2D eigenvalue weighted by atomic mass is 79.9. The number of anilines is 1. The minimum Gasteiger partial charge on any atom is -0.289 e. The van der Waals surface area contributed by atoms with Gasteiger partial charge in [0.25, 0.3) is 5.91 Å². The quantitative estimate of drug-likeness (QED) is 0.925. The molecule has 1 heterocycles. The van der Waals surface area contributed by atoms with E-state index in [4.69, 9.17) is 11.6 Å². The standard InChI is InChI=1S/C11H11BrClN5O/c1-2-5-18-11(15-16-17-18)14-10(19)8-6-7(12)3-4-9(8)13/h3-4,6H,2,5H2,1H3,(H,14,15,17,19). The number of nitrogens with one attached hydrogen (secondary N) is 1. The monoisotopic (exact) mass is 343 g/mol. The van der Waals surface area contributed by atoms with Crippen molar-refractivity contribution in [1.82, 2.24) is 20.2 Å². The van der Waals surface area contributed by atoms with Crippen molar-refractivity contribution < 1.29 is 4.79 Å². The molecule has 0 atom stereocenters. The fourth-order valence-corrected chi connectivity index (χ4v) is 2.06. The fraction of sp³-hybridized carbons (Fsp3) is 0.273. The van der Waals surface area contributed by atoms with Crippen molar-refractivity contribution in [2.24, 2.45) is 0 Å². The maximum absolute atomic E-state index is 12.1. The number of hydrogen-bond acceptors (Lipinski definition) is 4. The summed E-state index contributed by atoms with van der Waals surface area (Å²) in [6.07, 6.45) is 0.867. The van der Waals surface area contributed by atoms with Crippen LogP contribution >= 0.6 is 27.5 Å². The van der Waals surface area contributed by atoms with Gasteiger partial charge in [-0.15, -0.1) is 0 Å². The molecule has 19 heavy (non-hydrogen) atoms. The van der Waals surface area contributed by atoms with Crippen molar-refractivity contribution >= 4 is 39.4 Å². The Balaban J connectivity index is 2.21. The van der Waals surface area contributed by atoms with Crippen LogP contribution in [0.3, 0.4) is 0 Å². The molecule has 1 amide bonds. The van der Waals surface area contributed by atoms with Gasteiger partial charge in [-0.2, -0.15) is 0 Å². The van der Waals surface area contributed by atoms with Crippen LogP contribution in [-0.4, -0.2) is 26.1 Å². The number of carbonyl (C=O) groups excluding carboxylic acids is 1. The zero-order valence-electron chi connectivity index (χ0n) is 10.1. The van der Waals surface area contributed by atoms with E-state index in [1.54, 1.807) is 18.2 Å². The second kappa shape index (κ2) is 6.12. The second-order valence-corrected chi connectivity index (χ2v) is 5.13. The predicted octanol–water partition coefficient (Wildman–Crippen LogP) is 2.75. The largest absolute Gasteiger partial charge is 0.289 e. The summed E-state index contributed by atoms with van der Waals surface area (Å²) in [7, 11) is 0. The SMILES string of the molecule is CCCn1nnnc1NC(=O)c1cc(Br)ccc1Cl. The molecule has 100 valence electrons. The number of nitrogens with zero attached hydrogens (tertiary/aromatic N) is 4. The molecule has 2 aromatic rings. The number of aromatic nitrogens is 4. The highest BCUT2D eigenvalue weighted by Gasteiger charge is 2.14. The molecule has 6 nitrogen and oxygen atoms in total. The highest BCUT2D eigenvalue weighted by Crippen LogP contribution is 2.21. The van der Waals surface area contributed by atoms with E-state index in [0.717, 1.165) is 10.9 Å². The predicted molar refractivity (Wildman–Crippen MR) is 75.2 cm³/mol. The first kappa shape index (κ1) is 14.0. The molecule has 0 radical (unpaired) electrons. The van der Waals surface area contributed by atoms with Gasteiger partial charge in [0.05, 0.1) is 10.6 Å². The van der Waals surface area contributed by atoms with Crippen molar-refractivity contribution in [3.63, 3.8) is 0 Å². The number of halogens is 2. The maximum atomic E-state index is 12.1. The maximum Gasteiger partial charge on any atom is 0.259 e. The Bertz CT molecular complexity index is 601. The zero-order valence-corrected chi connectivity index (χ0v) is 12.4. The molecular formula is C11H11BrClN5O. The van der Waals surface area contributed by atoms with Gasteiger partial charge < -0.3 is 0 Å². The molecule has 1 aromatic heterocycles. The Morgan fingerprint density at radius 3 is 3.05 bits per heavy atom. The van der Waals surface area contributed by atoms with Crippen LogP contribution in [-0.2, 0) is 6.54 Å². The molecule has 0 saturated carbocycles. The molecule has 0 unspecified atom stereocenters. The summed E-state index contributed by atoms with van der Waals surface area (Å²) < 4.78 is 2.30. The summed E-state index contributed by atoms with van der Waals surface area (Å²) in [5.74, 6) is -0.0404. The van der Waals surface area contributed by atoms with Crippen molar-refractivity contribution in [2.45, 2.75) is 19.9 Å². The summed E-state index contributed by atoms with van der Waals surface area (Å²) in [5, 5.41) is 14.1. The fourth-order valence-electron chi connectivity index (χ4n) is 1.50. The summed E-state index contributed by atoms with van der Waals surface area (Å²) in [5.41, 5.74) is 0.363. The van der Waals surface area contributed by atoms with Crippen molar-refractivity contribution in [1.29, 1.82) is 0 Å². The molecule has 8 heteroatoms. The Morgan fingerprint density at radius 1 is 1.53 bits per heavy atom. The number of amides is 1. The van der Waals surface area contributed by atoms with Gasteiger partial charge in [-0.3, -0.25) is 10.1 Å². The van der Waals surface area contributed by atoms with Gasteiger partial charge in [-0.05, 0) is 35.0 Å². The molecule has 0 bridgehead atoms. The molecule has 0 aliphatic rings. The molecule has 0 spiro atoms. The molecule has 0 fully saturated rings. The van der Waals surface area contributed by atoms with Crippen LogP contribution in [0.5, 0.6) is 0 Å². The van der Waals surface area contributed by atoms with E-state index in [-0.39, 0.29) is 5.91 Å². The molecule has 0 aliphatic heterocycles. The lowest BCUT2D eigenvalue weighted by atomic mass is 10.2. The number of carbonyl (C=O) groups is 1. The van der Waals surface area contributed by atoms with Crippen LogP contribution < -0.4 is 5.32 Å². The number of hydrogen-bond donors (Lipinski definition) is 1. The minimum absolute atomic E-state index is 0.308. The third-order valence-corrected chi connectivity index (χ3v) is 3.19. The lowest BCUT2D eigenvalue weighted by Gasteiger charge is -2.06. The second-order valence-electron chi connectivity index (χ2n) is 3.80. The zero-order chi connectivity index (χ0) is 13.8. The average Bonchev–Trinajstić information content (AvgIpc) is 2.80. The van der Waals surface area contributed by atoms with Gasteiger partial charge in [-0.25, -0.2) is 4.68 Å². The molecule has 0 aliphatic carbocycles. The first-order valence-corrected chi connectivity index (χ1v) is 6.81. The molecular weight excluding hydrogens is 334 g/mol. The van der Waals surface area contributed by atoms with E-state index in [2.05, 4.69) is 36.8 Å². The lowest BCUT2D eigenvalue weighted by molar-refractivity contribution is 0.102. The number of tetrazole rings is 1. The number of aryl methyl sites for hydroxylation is 1. The van der Waals surface area contributed by atoms with Crippen LogP contribution in [0.15, 0.2) is 22.7 Å². The van der Waals surface area contributed by atoms with Crippen LogP contribution in [0, 0.1) is 0 Å². The normalized spacial score (nSPS) is 10.5. The Labute approximate surface area is 123 Å². The Kier molecular flexibility index (Phi) is 4.49. The van der Waals surface area contributed by atoms with Crippen LogP contribution in [0.25, 0.3) is 0 Å². The van der Waals surface area contributed by atoms with E-state index in [1.165, 1.54) is 4.68 Å². The minimum atomic E-state index is -0.349. The number of benzene rings is 1. The van der Waals surface area contributed by atoms with Crippen molar-refractivity contribution in [3.05, 3.63) is 33.3 Å². The summed E-state index contributed by atoms with van der Waals surface area (Å²) in [6, 6.07) is 5.06. The first-order chi connectivity index (χ1) is 9.11. The van der Waals surface area contributed by atoms with Crippen LogP contribution in [0.1, 0.15) is 23.7 Å². The first-order valence-electron chi connectivity index (χ1n) is 5.64. The third-order valence-electron chi connectivity index (χ3n) is 2.37.